The van der Waals surface area contributed by atoms with Crippen molar-refractivity contribution in [1.29, 1.82) is 0 Å². The van der Waals surface area contributed by atoms with E-state index in [-0.39, 0.29) is 5.95 Å². The van der Waals surface area contributed by atoms with Crippen molar-refractivity contribution in [3.05, 3.63) is 27.1 Å². The van der Waals surface area contributed by atoms with Gasteiger partial charge in [-0.15, -0.1) is 0 Å². The lowest BCUT2D eigenvalue weighted by Crippen LogP contribution is -2.01. The summed E-state index contributed by atoms with van der Waals surface area (Å²) in [6, 6.07) is 5.79. The standard InChI is InChI=1S/C10H8Br2N4S/c1-17-10-15-8(14-9(13)16-10)6-3-2-5(11)4-7(6)12/h2-4H,1H3,(H2,13,14,15,16). The fourth-order valence-electron chi connectivity index (χ4n) is 1.25. The van der Waals surface area contributed by atoms with Gasteiger partial charge in [-0.2, -0.15) is 9.97 Å². The highest BCUT2D eigenvalue weighted by Gasteiger charge is 2.09. The van der Waals surface area contributed by atoms with Gasteiger partial charge in [0.15, 0.2) is 11.0 Å². The van der Waals surface area contributed by atoms with E-state index in [1.165, 1.54) is 11.8 Å². The molecule has 4 nitrogen and oxygen atoms in total. The molecule has 2 rings (SSSR count). The first kappa shape index (κ1) is 12.8. The van der Waals surface area contributed by atoms with Crippen LogP contribution in [0.5, 0.6) is 0 Å². The first-order valence-corrected chi connectivity index (χ1v) is 7.42. The minimum absolute atomic E-state index is 0.231. The van der Waals surface area contributed by atoms with Gasteiger partial charge in [-0.1, -0.05) is 27.7 Å². The molecule has 88 valence electrons. The van der Waals surface area contributed by atoms with Crippen LogP contribution in [0.25, 0.3) is 11.4 Å². The van der Waals surface area contributed by atoms with Crippen LogP contribution in [0.3, 0.4) is 0 Å². The van der Waals surface area contributed by atoms with Gasteiger partial charge in [0.1, 0.15) is 0 Å². The summed E-state index contributed by atoms with van der Waals surface area (Å²) in [6.07, 6.45) is 1.90. The SMILES string of the molecule is CSc1nc(N)nc(-c2ccc(Br)cc2Br)n1. The highest BCUT2D eigenvalue weighted by atomic mass is 79.9. The van der Waals surface area contributed by atoms with Gasteiger partial charge in [0.2, 0.25) is 5.95 Å². The van der Waals surface area contributed by atoms with Crippen molar-refractivity contribution in [2.75, 3.05) is 12.0 Å². The molecule has 2 N–H and O–H groups in total. The number of aromatic nitrogens is 3. The Bertz CT molecular complexity index is 562. The molecule has 1 aromatic carbocycles. The molecule has 2 aromatic rings. The van der Waals surface area contributed by atoms with Crippen LogP contribution >= 0.6 is 43.6 Å². The molecule has 1 heterocycles. The Hall–Kier alpha value is -0.660. The van der Waals surface area contributed by atoms with Crippen LogP contribution in [0.2, 0.25) is 0 Å². The van der Waals surface area contributed by atoms with E-state index < -0.39 is 0 Å². The van der Waals surface area contributed by atoms with Crippen molar-refractivity contribution in [2.45, 2.75) is 5.16 Å². The Labute approximate surface area is 120 Å². The lowest BCUT2D eigenvalue weighted by Gasteiger charge is -2.05. The lowest BCUT2D eigenvalue weighted by atomic mass is 10.2. The summed E-state index contributed by atoms with van der Waals surface area (Å²) >= 11 is 8.31. The van der Waals surface area contributed by atoms with Gasteiger partial charge in [-0.3, -0.25) is 0 Å². The number of thioether (sulfide) groups is 1. The second-order valence-electron chi connectivity index (χ2n) is 3.13. The van der Waals surface area contributed by atoms with E-state index in [0.29, 0.717) is 11.0 Å². The molecular formula is C10H8Br2N4S. The van der Waals surface area contributed by atoms with Crippen molar-refractivity contribution in [1.82, 2.24) is 15.0 Å². The Balaban J connectivity index is 2.55. The number of hydrogen-bond acceptors (Lipinski definition) is 5. The summed E-state index contributed by atoms with van der Waals surface area (Å²) in [4.78, 5) is 12.5. The van der Waals surface area contributed by atoms with Crippen LogP contribution in [0, 0.1) is 0 Å². The van der Waals surface area contributed by atoms with E-state index in [2.05, 4.69) is 46.8 Å². The minimum Gasteiger partial charge on any atom is -0.368 e. The molecule has 7 heteroatoms. The molecule has 0 unspecified atom stereocenters. The van der Waals surface area contributed by atoms with Gasteiger partial charge in [0.25, 0.3) is 0 Å². The number of nitrogens with zero attached hydrogens (tertiary/aromatic N) is 3. The maximum Gasteiger partial charge on any atom is 0.224 e. The summed E-state index contributed by atoms with van der Waals surface area (Å²) in [5, 5.41) is 0.613. The van der Waals surface area contributed by atoms with Gasteiger partial charge in [-0.05, 0) is 40.4 Å². The third-order valence-electron chi connectivity index (χ3n) is 1.99. The van der Waals surface area contributed by atoms with Gasteiger partial charge in [-0.25, -0.2) is 4.98 Å². The zero-order valence-electron chi connectivity index (χ0n) is 8.82. The molecule has 1 aromatic heterocycles. The van der Waals surface area contributed by atoms with E-state index in [9.17, 15) is 0 Å². The van der Waals surface area contributed by atoms with Crippen molar-refractivity contribution >= 4 is 49.6 Å². The van der Waals surface area contributed by atoms with Gasteiger partial charge < -0.3 is 5.73 Å². The summed E-state index contributed by atoms with van der Waals surface area (Å²) < 4.78 is 1.89. The molecule has 0 amide bonds. The largest absolute Gasteiger partial charge is 0.368 e. The second kappa shape index (κ2) is 5.32. The molecule has 0 aliphatic carbocycles. The Morgan fingerprint density at radius 1 is 1.18 bits per heavy atom. The Morgan fingerprint density at radius 2 is 1.94 bits per heavy atom. The number of hydrogen-bond donors (Lipinski definition) is 1. The Kier molecular flexibility index (Phi) is 4.01. The molecule has 0 bridgehead atoms. The number of benzene rings is 1. The molecule has 0 saturated heterocycles. The number of rotatable bonds is 2. The summed E-state index contributed by atoms with van der Waals surface area (Å²) in [6.45, 7) is 0. The average molecular weight is 376 g/mol. The normalized spacial score (nSPS) is 10.5. The molecule has 0 atom stereocenters. The number of nitrogens with two attached hydrogens (primary N) is 1. The molecular weight excluding hydrogens is 368 g/mol. The summed E-state index contributed by atoms with van der Waals surface area (Å²) in [5.41, 5.74) is 6.54. The quantitative estimate of drug-likeness (QED) is 0.815. The monoisotopic (exact) mass is 374 g/mol. The topological polar surface area (TPSA) is 64.7 Å². The van der Waals surface area contributed by atoms with Crippen molar-refractivity contribution in [3.63, 3.8) is 0 Å². The Morgan fingerprint density at radius 3 is 2.59 bits per heavy atom. The fourth-order valence-corrected chi connectivity index (χ4v) is 2.84. The molecule has 0 aliphatic heterocycles. The average Bonchev–Trinajstić information content (AvgIpc) is 2.28. The van der Waals surface area contributed by atoms with Gasteiger partial charge >= 0.3 is 0 Å². The third kappa shape index (κ3) is 2.97. The van der Waals surface area contributed by atoms with Crippen LogP contribution in [-0.2, 0) is 0 Å². The van der Waals surface area contributed by atoms with Crippen LogP contribution in [0.15, 0.2) is 32.3 Å². The number of halogens is 2. The predicted molar refractivity (Wildman–Crippen MR) is 76.9 cm³/mol. The molecule has 0 aliphatic rings. The van der Waals surface area contributed by atoms with E-state index in [0.717, 1.165) is 14.5 Å². The first-order chi connectivity index (χ1) is 8.10. The highest BCUT2D eigenvalue weighted by molar-refractivity contribution is 9.11. The van der Waals surface area contributed by atoms with Crippen molar-refractivity contribution in [2.24, 2.45) is 0 Å². The highest BCUT2D eigenvalue weighted by Crippen LogP contribution is 2.29. The maximum absolute atomic E-state index is 5.65. The van der Waals surface area contributed by atoms with E-state index >= 15 is 0 Å². The van der Waals surface area contributed by atoms with E-state index in [1.54, 1.807) is 0 Å². The summed E-state index contributed by atoms with van der Waals surface area (Å²) in [7, 11) is 0. The predicted octanol–water partition coefficient (Wildman–Crippen LogP) is 3.37. The van der Waals surface area contributed by atoms with Crippen molar-refractivity contribution < 1.29 is 0 Å². The zero-order valence-corrected chi connectivity index (χ0v) is 12.8. The van der Waals surface area contributed by atoms with Crippen LogP contribution in [0.1, 0.15) is 0 Å². The summed E-state index contributed by atoms with van der Waals surface area (Å²) in [5.74, 6) is 0.801. The first-order valence-electron chi connectivity index (χ1n) is 4.61. The molecule has 17 heavy (non-hydrogen) atoms. The minimum atomic E-state index is 0.231. The molecule has 0 fully saturated rings. The smallest absolute Gasteiger partial charge is 0.224 e. The van der Waals surface area contributed by atoms with Crippen LogP contribution in [0.4, 0.5) is 5.95 Å². The number of nitrogen functional groups attached to an aromatic ring is 1. The fraction of sp³-hybridized carbons (Fsp3) is 0.100. The molecule has 0 saturated carbocycles. The van der Waals surface area contributed by atoms with E-state index in [1.807, 2.05) is 24.5 Å². The van der Waals surface area contributed by atoms with Crippen molar-refractivity contribution in [3.8, 4) is 11.4 Å². The van der Waals surface area contributed by atoms with E-state index in [4.69, 9.17) is 5.73 Å². The number of anilines is 1. The molecule has 0 radical (unpaired) electrons. The van der Waals surface area contributed by atoms with Crippen LogP contribution < -0.4 is 5.73 Å². The van der Waals surface area contributed by atoms with Crippen LogP contribution in [-0.4, -0.2) is 21.2 Å². The van der Waals surface area contributed by atoms with Gasteiger partial charge in [0.05, 0.1) is 0 Å². The molecule has 0 spiro atoms. The third-order valence-corrected chi connectivity index (χ3v) is 3.68. The maximum atomic E-state index is 5.65. The lowest BCUT2D eigenvalue weighted by molar-refractivity contribution is 0.927. The zero-order chi connectivity index (χ0) is 12.4. The second-order valence-corrected chi connectivity index (χ2v) is 5.67. The van der Waals surface area contributed by atoms with Gasteiger partial charge in [0, 0.05) is 14.5 Å².